The third-order valence-corrected chi connectivity index (χ3v) is 6.47. The maximum absolute atomic E-state index is 15.1. The molecule has 2 aromatic carbocycles. The smallest absolute Gasteiger partial charge is 0.254 e. The van der Waals surface area contributed by atoms with Crippen molar-refractivity contribution in [2.75, 3.05) is 19.6 Å². The highest BCUT2D eigenvalue weighted by molar-refractivity contribution is 5.96. The predicted molar refractivity (Wildman–Crippen MR) is 133 cm³/mol. The van der Waals surface area contributed by atoms with E-state index in [0.29, 0.717) is 47.2 Å². The lowest BCUT2D eigenvalue weighted by molar-refractivity contribution is 0.0937. The van der Waals surface area contributed by atoms with Crippen LogP contribution < -0.4 is 15.4 Å². The zero-order chi connectivity index (χ0) is 24.5. The van der Waals surface area contributed by atoms with Crippen LogP contribution in [0.25, 0.3) is 22.2 Å². The summed E-state index contributed by atoms with van der Waals surface area (Å²) in [6, 6.07) is 12.6. The van der Waals surface area contributed by atoms with E-state index in [2.05, 4.69) is 20.7 Å². The van der Waals surface area contributed by atoms with Crippen molar-refractivity contribution in [2.24, 2.45) is 13.0 Å². The molecule has 0 bridgehead atoms. The number of nitrogens with zero attached hydrogens (tertiary/aromatic N) is 3. The highest BCUT2D eigenvalue weighted by atomic mass is 19.1. The van der Waals surface area contributed by atoms with E-state index in [0.717, 1.165) is 29.7 Å². The van der Waals surface area contributed by atoms with Crippen molar-refractivity contribution in [1.29, 1.82) is 0 Å². The van der Waals surface area contributed by atoms with Crippen molar-refractivity contribution < 1.29 is 13.9 Å². The van der Waals surface area contributed by atoms with Crippen LogP contribution in [0.15, 0.2) is 48.7 Å². The van der Waals surface area contributed by atoms with Gasteiger partial charge in [-0.1, -0.05) is 6.92 Å². The number of rotatable bonds is 7. The molecule has 2 N–H and O–H groups in total. The Balaban J connectivity index is 1.39. The Hall–Kier alpha value is -3.78. The predicted octanol–water partition coefficient (Wildman–Crippen LogP) is 4.39. The summed E-state index contributed by atoms with van der Waals surface area (Å²) in [6.07, 6.45) is 2.16. The molecule has 0 aliphatic carbocycles. The van der Waals surface area contributed by atoms with Gasteiger partial charge in [0.2, 0.25) is 0 Å². The molecule has 35 heavy (non-hydrogen) atoms. The lowest BCUT2D eigenvalue weighted by Crippen LogP contribution is -2.48. The Morgan fingerprint density at radius 3 is 2.74 bits per heavy atom. The summed E-state index contributed by atoms with van der Waals surface area (Å²) in [6.45, 7) is 6.18. The summed E-state index contributed by atoms with van der Waals surface area (Å²) in [5.74, 6) is 0.743. The van der Waals surface area contributed by atoms with E-state index in [1.807, 2.05) is 49.8 Å². The maximum Gasteiger partial charge on any atom is 0.254 e. The van der Waals surface area contributed by atoms with Gasteiger partial charge in [-0.3, -0.25) is 14.5 Å². The first-order chi connectivity index (χ1) is 16.9. The van der Waals surface area contributed by atoms with Crippen molar-refractivity contribution in [1.82, 2.24) is 25.4 Å². The maximum atomic E-state index is 15.1. The van der Waals surface area contributed by atoms with Crippen LogP contribution in [0.1, 0.15) is 28.5 Å². The topological polar surface area (TPSA) is 81.1 Å². The molecule has 0 spiro atoms. The zero-order valence-corrected chi connectivity index (χ0v) is 20.1. The SMILES string of the molecule is CCc1cc(-c2cc(Oc3ccc4c(C)nn(C)c4c3)ccn2)cc(F)c1C(=O)NCC1CNC1. The Labute approximate surface area is 203 Å². The van der Waals surface area contributed by atoms with Crippen LogP contribution in [-0.4, -0.2) is 40.3 Å². The largest absolute Gasteiger partial charge is 0.457 e. The van der Waals surface area contributed by atoms with Crippen molar-refractivity contribution in [3.63, 3.8) is 0 Å². The summed E-state index contributed by atoms with van der Waals surface area (Å²) in [4.78, 5) is 17.1. The van der Waals surface area contributed by atoms with Gasteiger partial charge in [0, 0.05) is 61.9 Å². The number of aryl methyl sites for hydroxylation is 3. The van der Waals surface area contributed by atoms with Gasteiger partial charge < -0.3 is 15.4 Å². The number of halogens is 1. The third kappa shape index (κ3) is 4.61. The second kappa shape index (κ2) is 9.46. The summed E-state index contributed by atoms with van der Waals surface area (Å²) < 4.78 is 23.1. The van der Waals surface area contributed by atoms with Crippen molar-refractivity contribution >= 4 is 16.8 Å². The molecule has 8 heteroatoms. The lowest BCUT2D eigenvalue weighted by atomic mass is 9.98. The second-order valence-electron chi connectivity index (χ2n) is 8.95. The van der Waals surface area contributed by atoms with E-state index in [-0.39, 0.29) is 11.5 Å². The molecule has 7 nitrogen and oxygen atoms in total. The number of pyridine rings is 1. The monoisotopic (exact) mass is 473 g/mol. The van der Waals surface area contributed by atoms with Gasteiger partial charge in [-0.05, 0) is 49.2 Å². The number of hydrogen-bond acceptors (Lipinski definition) is 5. The molecule has 4 aromatic rings. The van der Waals surface area contributed by atoms with E-state index in [9.17, 15) is 4.79 Å². The Kier molecular flexibility index (Phi) is 6.21. The number of aromatic nitrogens is 3. The van der Waals surface area contributed by atoms with Crippen LogP contribution >= 0.6 is 0 Å². The number of amides is 1. The second-order valence-corrected chi connectivity index (χ2v) is 8.95. The van der Waals surface area contributed by atoms with E-state index in [1.165, 1.54) is 6.07 Å². The standard InChI is InChI=1S/C27H28FN5O2/c1-4-18-9-19(10-23(28)26(18)27(34)31-15-17-13-29-14-17)24-11-21(7-8-30-24)35-20-5-6-22-16(2)32-33(3)25(22)12-20/h5-12,17,29H,4,13-15H2,1-3H3,(H,31,34). The van der Waals surface area contributed by atoms with Crippen molar-refractivity contribution in [3.8, 4) is 22.8 Å². The van der Waals surface area contributed by atoms with Crippen LogP contribution in [-0.2, 0) is 13.5 Å². The van der Waals surface area contributed by atoms with Gasteiger partial charge in [0.25, 0.3) is 5.91 Å². The van der Waals surface area contributed by atoms with Gasteiger partial charge >= 0.3 is 0 Å². The molecule has 1 aliphatic heterocycles. The molecule has 3 heterocycles. The van der Waals surface area contributed by atoms with Gasteiger partial charge in [-0.25, -0.2) is 4.39 Å². The zero-order valence-electron chi connectivity index (χ0n) is 20.1. The molecule has 2 aromatic heterocycles. The molecule has 0 radical (unpaired) electrons. The summed E-state index contributed by atoms with van der Waals surface area (Å²) in [5.41, 5.74) is 3.87. The molecular formula is C27H28FN5O2. The first-order valence-corrected chi connectivity index (χ1v) is 11.8. The summed E-state index contributed by atoms with van der Waals surface area (Å²) in [5, 5.41) is 11.6. The normalized spacial score (nSPS) is 13.6. The molecule has 180 valence electrons. The Morgan fingerprint density at radius 2 is 2.00 bits per heavy atom. The summed E-state index contributed by atoms with van der Waals surface area (Å²) in [7, 11) is 1.90. The van der Waals surface area contributed by atoms with Crippen LogP contribution in [0.5, 0.6) is 11.5 Å². The number of hydrogen-bond donors (Lipinski definition) is 2. The van der Waals surface area contributed by atoms with Crippen LogP contribution in [0.4, 0.5) is 4.39 Å². The minimum absolute atomic E-state index is 0.107. The Morgan fingerprint density at radius 1 is 1.20 bits per heavy atom. The fourth-order valence-electron chi connectivity index (χ4n) is 4.41. The van der Waals surface area contributed by atoms with E-state index >= 15 is 4.39 Å². The van der Waals surface area contributed by atoms with Gasteiger partial charge in [-0.2, -0.15) is 5.10 Å². The minimum atomic E-state index is -0.547. The molecule has 0 saturated carbocycles. The molecule has 5 rings (SSSR count). The molecule has 1 amide bonds. The van der Waals surface area contributed by atoms with Crippen LogP contribution in [0.2, 0.25) is 0 Å². The van der Waals surface area contributed by atoms with Crippen molar-refractivity contribution in [2.45, 2.75) is 20.3 Å². The molecule has 0 atom stereocenters. The Bertz CT molecular complexity index is 1410. The van der Waals surface area contributed by atoms with Gasteiger partial charge in [0.1, 0.15) is 17.3 Å². The third-order valence-electron chi connectivity index (χ3n) is 6.47. The minimum Gasteiger partial charge on any atom is -0.457 e. The summed E-state index contributed by atoms with van der Waals surface area (Å²) >= 11 is 0. The quantitative estimate of drug-likeness (QED) is 0.416. The van der Waals surface area contributed by atoms with Crippen LogP contribution in [0.3, 0.4) is 0 Å². The molecule has 1 fully saturated rings. The number of fused-ring (bicyclic) bond motifs is 1. The average Bonchev–Trinajstić information content (AvgIpc) is 3.10. The van der Waals surface area contributed by atoms with E-state index < -0.39 is 5.82 Å². The van der Waals surface area contributed by atoms with Crippen LogP contribution in [0, 0.1) is 18.7 Å². The van der Waals surface area contributed by atoms with Gasteiger partial charge in [-0.15, -0.1) is 0 Å². The van der Waals surface area contributed by atoms with E-state index in [4.69, 9.17) is 4.74 Å². The van der Waals surface area contributed by atoms with E-state index in [1.54, 1.807) is 18.3 Å². The fraction of sp³-hybridized carbons (Fsp3) is 0.296. The number of carbonyl (C=O) groups is 1. The molecule has 1 saturated heterocycles. The number of ether oxygens (including phenoxy) is 1. The highest BCUT2D eigenvalue weighted by Gasteiger charge is 2.22. The highest BCUT2D eigenvalue weighted by Crippen LogP contribution is 2.30. The lowest BCUT2D eigenvalue weighted by Gasteiger charge is -2.27. The number of benzene rings is 2. The van der Waals surface area contributed by atoms with Gasteiger partial charge in [0.15, 0.2) is 0 Å². The molecule has 1 aliphatic rings. The molecule has 0 unspecified atom stereocenters. The number of nitrogens with one attached hydrogen (secondary N) is 2. The number of carbonyl (C=O) groups excluding carboxylic acids is 1. The molecular weight excluding hydrogens is 445 g/mol. The van der Waals surface area contributed by atoms with Crippen molar-refractivity contribution in [3.05, 3.63) is 71.3 Å². The van der Waals surface area contributed by atoms with Gasteiger partial charge in [0.05, 0.1) is 22.5 Å². The first kappa shape index (κ1) is 23.0. The average molecular weight is 474 g/mol. The first-order valence-electron chi connectivity index (χ1n) is 11.8. The fourth-order valence-corrected chi connectivity index (χ4v) is 4.41.